The molecule has 1 aliphatic rings. The summed E-state index contributed by atoms with van der Waals surface area (Å²) in [6, 6.07) is 0. The largest absolute Gasteiger partial charge is 0.478 e. The number of rotatable bonds is 1. The lowest BCUT2D eigenvalue weighted by Crippen LogP contribution is -2.21. The highest BCUT2D eigenvalue weighted by Crippen LogP contribution is 2.32. The molecular formula is C7H6Cl2O3. The number of halogens is 2. The maximum atomic E-state index is 10.5. The first-order chi connectivity index (χ1) is 5.42. The first kappa shape index (κ1) is 9.58. The van der Waals surface area contributed by atoms with Gasteiger partial charge in [-0.1, -0.05) is 23.2 Å². The van der Waals surface area contributed by atoms with Gasteiger partial charge < -0.3 is 10.2 Å². The number of hydrogen-bond donors (Lipinski definition) is 2. The summed E-state index contributed by atoms with van der Waals surface area (Å²) in [5, 5.41) is 16.3. The molecule has 66 valence electrons. The predicted molar refractivity (Wildman–Crippen MR) is 45.1 cm³/mol. The van der Waals surface area contributed by atoms with E-state index in [9.17, 15) is 9.90 Å². The summed E-state index contributed by atoms with van der Waals surface area (Å²) in [5.74, 6) is -1.12. The minimum absolute atomic E-state index is 0.0259. The van der Waals surface area contributed by atoms with Gasteiger partial charge in [-0.05, 0) is 12.2 Å². The third-order valence-electron chi connectivity index (χ3n) is 1.43. The van der Waals surface area contributed by atoms with Gasteiger partial charge in [-0.15, -0.1) is 0 Å². The molecule has 0 spiro atoms. The van der Waals surface area contributed by atoms with Crippen LogP contribution in [0, 0.1) is 0 Å². The van der Waals surface area contributed by atoms with Gasteiger partial charge in [-0.25, -0.2) is 4.79 Å². The molecule has 12 heavy (non-hydrogen) atoms. The highest BCUT2D eigenvalue weighted by molar-refractivity contribution is 6.34. The van der Waals surface area contributed by atoms with Crippen LogP contribution in [0.4, 0.5) is 0 Å². The molecule has 0 heterocycles. The molecule has 1 rings (SSSR count). The van der Waals surface area contributed by atoms with Gasteiger partial charge in [0, 0.05) is 11.5 Å². The van der Waals surface area contributed by atoms with E-state index in [0.717, 1.165) is 0 Å². The van der Waals surface area contributed by atoms with E-state index in [2.05, 4.69) is 0 Å². The van der Waals surface area contributed by atoms with Gasteiger partial charge in [0.25, 0.3) is 0 Å². The molecule has 0 bridgehead atoms. The Balaban J connectivity index is 2.95. The Morgan fingerprint density at radius 2 is 2.25 bits per heavy atom. The average molecular weight is 209 g/mol. The summed E-state index contributed by atoms with van der Waals surface area (Å²) in [5.41, 5.74) is -0.0259. The Hall–Kier alpha value is -0.510. The summed E-state index contributed by atoms with van der Waals surface area (Å²) < 4.78 is 0. The predicted octanol–water partition coefficient (Wildman–Crippen LogP) is 1.45. The maximum Gasteiger partial charge on any atom is 0.336 e. The Morgan fingerprint density at radius 3 is 2.67 bits per heavy atom. The molecular weight excluding hydrogens is 203 g/mol. The molecule has 0 aromatic heterocycles. The fraction of sp³-hybridized carbons (Fsp3) is 0.286. The van der Waals surface area contributed by atoms with Crippen molar-refractivity contribution in [3.05, 3.63) is 22.8 Å². The highest BCUT2D eigenvalue weighted by atomic mass is 35.5. The van der Waals surface area contributed by atoms with Gasteiger partial charge in [-0.2, -0.15) is 0 Å². The van der Waals surface area contributed by atoms with Crippen LogP contribution in [-0.4, -0.2) is 21.2 Å². The Bertz CT molecular complexity index is 278. The fourth-order valence-electron chi connectivity index (χ4n) is 0.861. The number of alkyl halides is 1. The molecule has 0 aromatic rings. The van der Waals surface area contributed by atoms with E-state index >= 15 is 0 Å². The van der Waals surface area contributed by atoms with E-state index in [-0.39, 0.29) is 17.0 Å². The van der Waals surface area contributed by atoms with Crippen LogP contribution in [0.15, 0.2) is 22.8 Å². The van der Waals surface area contributed by atoms with E-state index in [1.807, 2.05) is 0 Å². The van der Waals surface area contributed by atoms with Crippen molar-refractivity contribution in [2.24, 2.45) is 0 Å². The Kier molecular flexibility index (Phi) is 2.46. The molecule has 5 heteroatoms. The molecule has 0 radical (unpaired) electrons. The molecule has 0 aliphatic heterocycles. The summed E-state index contributed by atoms with van der Waals surface area (Å²) in [7, 11) is 0. The van der Waals surface area contributed by atoms with Crippen molar-refractivity contribution in [3.8, 4) is 0 Å². The molecule has 1 unspecified atom stereocenters. The first-order valence-corrected chi connectivity index (χ1v) is 3.90. The third-order valence-corrected chi connectivity index (χ3v) is 2.03. The zero-order valence-electron chi connectivity index (χ0n) is 5.92. The zero-order valence-corrected chi connectivity index (χ0v) is 7.43. The maximum absolute atomic E-state index is 10.5. The molecule has 0 saturated heterocycles. The standard InChI is InChI=1S/C7H6Cl2O3/c8-5-3-7(9,12)2-1-4(5)6(10)11/h1-2,12H,3H2,(H,10,11). The van der Waals surface area contributed by atoms with Gasteiger partial charge in [-0.3, -0.25) is 0 Å². The van der Waals surface area contributed by atoms with Crippen LogP contribution in [0.1, 0.15) is 6.42 Å². The van der Waals surface area contributed by atoms with E-state index < -0.39 is 11.0 Å². The minimum Gasteiger partial charge on any atom is -0.478 e. The van der Waals surface area contributed by atoms with Crippen LogP contribution in [0.2, 0.25) is 0 Å². The number of aliphatic hydroxyl groups is 1. The normalized spacial score (nSPS) is 29.2. The van der Waals surface area contributed by atoms with Crippen molar-refractivity contribution in [3.63, 3.8) is 0 Å². The average Bonchev–Trinajstić information content (AvgIpc) is 1.83. The fourth-order valence-corrected chi connectivity index (χ4v) is 1.47. The molecule has 2 N–H and O–H groups in total. The van der Waals surface area contributed by atoms with Crippen LogP contribution in [-0.2, 0) is 4.79 Å². The summed E-state index contributed by atoms with van der Waals surface area (Å²) in [6.45, 7) is 0. The molecule has 3 nitrogen and oxygen atoms in total. The number of carbonyl (C=O) groups is 1. The van der Waals surface area contributed by atoms with Crippen LogP contribution in [0.3, 0.4) is 0 Å². The Morgan fingerprint density at radius 1 is 1.67 bits per heavy atom. The second-order valence-electron chi connectivity index (χ2n) is 2.45. The van der Waals surface area contributed by atoms with Crippen molar-refractivity contribution < 1.29 is 15.0 Å². The number of carboxylic acid groups (broad SMARTS) is 1. The van der Waals surface area contributed by atoms with Gasteiger partial charge >= 0.3 is 5.97 Å². The van der Waals surface area contributed by atoms with E-state index in [0.29, 0.717) is 0 Å². The molecule has 0 saturated carbocycles. The number of carboxylic acids is 1. The highest BCUT2D eigenvalue weighted by Gasteiger charge is 2.28. The van der Waals surface area contributed by atoms with Crippen LogP contribution >= 0.6 is 23.2 Å². The van der Waals surface area contributed by atoms with Crippen LogP contribution in [0.5, 0.6) is 0 Å². The van der Waals surface area contributed by atoms with Crippen molar-refractivity contribution in [1.29, 1.82) is 0 Å². The first-order valence-electron chi connectivity index (χ1n) is 3.15. The van der Waals surface area contributed by atoms with E-state index in [1.165, 1.54) is 12.2 Å². The SMILES string of the molecule is O=C(O)C1=C(Cl)CC(O)(Cl)C=C1. The van der Waals surface area contributed by atoms with E-state index in [1.54, 1.807) is 0 Å². The molecule has 1 atom stereocenters. The van der Waals surface area contributed by atoms with Gasteiger partial charge in [0.15, 0.2) is 5.06 Å². The topological polar surface area (TPSA) is 57.5 Å². The summed E-state index contributed by atoms with van der Waals surface area (Å²) in [6.07, 6.45) is 2.32. The van der Waals surface area contributed by atoms with Crippen LogP contribution in [0.25, 0.3) is 0 Å². The number of hydrogen-bond acceptors (Lipinski definition) is 2. The summed E-state index contributed by atoms with van der Waals surface area (Å²) >= 11 is 11.1. The quantitative estimate of drug-likeness (QED) is 0.642. The molecule has 0 amide bonds. The zero-order chi connectivity index (χ0) is 9.35. The second-order valence-corrected chi connectivity index (χ2v) is 3.56. The van der Waals surface area contributed by atoms with E-state index in [4.69, 9.17) is 28.3 Å². The smallest absolute Gasteiger partial charge is 0.336 e. The molecule has 1 aliphatic carbocycles. The molecule has 0 aromatic carbocycles. The molecule has 0 fully saturated rings. The Labute approximate surface area is 78.9 Å². The second kappa shape index (κ2) is 3.09. The van der Waals surface area contributed by atoms with Gasteiger partial charge in [0.2, 0.25) is 0 Å². The van der Waals surface area contributed by atoms with Crippen molar-refractivity contribution >= 4 is 29.2 Å². The monoisotopic (exact) mass is 208 g/mol. The summed E-state index contributed by atoms with van der Waals surface area (Å²) in [4.78, 5) is 10.5. The lowest BCUT2D eigenvalue weighted by molar-refractivity contribution is -0.132. The third kappa shape index (κ3) is 2.00. The van der Waals surface area contributed by atoms with Crippen molar-refractivity contribution in [2.45, 2.75) is 11.5 Å². The lowest BCUT2D eigenvalue weighted by Gasteiger charge is -2.20. The van der Waals surface area contributed by atoms with Crippen molar-refractivity contribution in [2.75, 3.05) is 0 Å². The minimum atomic E-state index is -1.55. The number of aliphatic carboxylic acids is 1. The van der Waals surface area contributed by atoms with Crippen molar-refractivity contribution in [1.82, 2.24) is 0 Å². The lowest BCUT2D eigenvalue weighted by atomic mass is 10.0. The van der Waals surface area contributed by atoms with Crippen LogP contribution < -0.4 is 0 Å². The van der Waals surface area contributed by atoms with Gasteiger partial charge in [0.05, 0.1) is 5.57 Å². The van der Waals surface area contributed by atoms with Gasteiger partial charge in [0.1, 0.15) is 0 Å².